The van der Waals surface area contributed by atoms with Crippen LogP contribution in [0.3, 0.4) is 0 Å². The lowest BCUT2D eigenvalue weighted by Gasteiger charge is -2.27. The summed E-state index contributed by atoms with van der Waals surface area (Å²) >= 11 is 2.00. The van der Waals surface area contributed by atoms with Crippen LogP contribution in [-0.2, 0) is 6.54 Å². The molecule has 4 rings (SSSR count). The molecular weight excluding hydrogens is 382 g/mol. The average molecular weight is 406 g/mol. The van der Waals surface area contributed by atoms with Crippen molar-refractivity contribution >= 4 is 23.4 Å². The Morgan fingerprint density at radius 3 is 2.55 bits per heavy atom. The fourth-order valence-electron chi connectivity index (χ4n) is 3.19. The van der Waals surface area contributed by atoms with E-state index in [-0.39, 0.29) is 5.91 Å². The summed E-state index contributed by atoms with van der Waals surface area (Å²) in [6.45, 7) is 3.03. The van der Waals surface area contributed by atoms with E-state index in [1.165, 1.54) is 11.5 Å². The van der Waals surface area contributed by atoms with Gasteiger partial charge in [-0.05, 0) is 48.0 Å². The van der Waals surface area contributed by atoms with E-state index < -0.39 is 0 Å². The van der Waals surface area contributed by atoms with E-state index in [2.05, 4.69) is 21.3 Å². The average Bonchev–Trinajstić information content (AvgIpc) is 2.77. The zero-order valence-corrected chi connectivity index (χ0v) is 16.9. The van der Waals surface area contributed by atoms with E-state index in [9.17, 15) is 4.79 Å². The van der Waals surface area contributed by atoms with Crippen LogP contribution in [0, 0.1) is 0 Å². The Labute approximate surface area is 175 Å². The zero-order valence-electron chi connectivity index (χ0n) is 16.1. The molecule has 6 heteroatoms. The number of benzene rings is 2. The maximum absolute atomic E-state index is 12.7. The number of rotatable bonds is 6. The number of hydrogen-bond donors (Lipinski definition) is 1. The minimum atomic E-state index is -0.125. The third kappa shape index (κ3) is 5.37. The molecule has 0 atom stereocenters. The molecule has 2 heterocycles. The minimum absolute atomic E-state index is 0.125. The molecule has 0 aliphatic carbocycles. The van der Waals surface area contributed by atoms with E-state index in [1.54, 1.807) is 36.7 Å². The third-order valence-corrected chi connectivity index (χ3v) is 5.69. The predicted molar refractivity (Wildman–Crippen MR) is 118 cm³/mol. The number of ether oxygens (including phenoxy) is 1. The second-order valence-electron chi connectivity index (χ2n) is 6.81. The first-order valence-electron chi connectivity index (χ1n) is 9.65. The van der Waals surface area contributed by atoms with Gasteiger partial charge in [0.25, 0.3) is 5.91 Å². The maximum atomic E-state index is 12.7. The number of nitrogens with zero attached hydrogens (tertiary/aromatic N) is 2. The van der Waals surface area contributed by atoms with Crippen molar-refractivity contribution in [3.8, 4) is 11.5 Å². The molecule has 0 saturated carbocycles. The van der Waals surface area contributed by atoms with Crippen molar-refractivity contribution in [2.45, 2.75) is 6.54 Å². The molecule has 5 nitrogen and oxygen atoms in total. The van der Waals surface area contributed by atoms with Crippen LogP contribution >= 0.6 is 11.8 Å². The SMILES string of the molecule is O=C(Nc1ccccc1CN1CCSCC1)c1ccc(Oc2cccnc2)cc1. The van der Waals surface area contributed by atoms with Crippen LogP contribution in [0.4, 0.5) is 5.69 Å². The lowest BCUT2D eigenvalue weighted by Crippen LogP contribution is -2.32. The Balaban J connectivity index is 1.41. The van der Waals surface area contributed by atoms with Gasteiger partial charge in [-0.15, -0.1) is 0 Å². The van der Waals surface area contributed by atoms with E-state index in [0.29, 0.717) is 17.1 Å². The number of anilines is 1. The molecule has 148 valence electrons. The minimum Gasteiger partial charge on any atom is -0.456 e. The highest BCUT2D eigenvalue weighted by molar-refractivity contribution is 7.99. The molecule has 1 saturated heterocycles. The number of amides is 1. The summed E-state index contributed by atoms with van der Waals surface area (Å²) < 4.78 is 5.73. The number of thioether (sulfide) groups is 1. The van der Waals surface area contributed by atoms with Crippen LogP contribution < -0.4 is 10.1 Å². The molecule has 1 fully saturated rings. The number of hydrogen-bond acceptors (Lipinski definition) is 5. The number of nitrogens with one attached hydrogen (secondary N) is 1. The molecule has 1 amide bonds. The Morgan fingerprint density at radius 1 is 1.00 bits per heavy atom. The van der Waals surface area contributed by atoms with Crippen molar-refractivity contribution in [3.63, 3.8) is 0 Å². The van der Waals surface area contributed by atoms with Gasteiger partial charge < -0.3 is 10.1 Å². The lowest BCUT2D eigenvalue weighted by atomic mass is 10.1. The number of para-hydroxylation sites is 1. The molecule has 1 aliphatic rings. The Hall–Kier alpha value is -2.83. The molecule has 3 aromatic rings. The summed E-state index contributed by atoms with van der Waals surface area (Å²) in [4.78, 5) is 19.2. The van der Waals surface area contributed by atoms with Crippen molar-refractivity contribution in [2.24, 2.45) is 0 Å². The van der Waals surface area contributed by atoms with Gasteiger partial charge in [0.15, 0.2) is 0 Å². The van der Waals surface area contributed by atoms with Crippen molar-refractivity contribution in [1.29, 1.82) is 0 Å². The smallest absolute Gasteiger partial charge is 0.255 e. The highest BCUT2D eigenvalue weighted by atomic mass is 32.2. The molecular formula is C23H23N3O2S. The van der Waals surface area contributed by atoms with Gasteiger partial charge in [-0.2, -0.15) is 11.8 Å². The van der Waals surface area contributed by atoms with Gasteiger partial charge in [-0.1, -0.05) is 18.2 Å². The Kier molecular flexibility index (Phi) is 6.44. The standard InChI is InChI=1S/C23H23N3O2S/c27-23(18-7-9-20(10-8-18)28-21-5-3-11-24-16-21)25-22-6-2-1-4-19(22)17-26-12-14-29-15-13-26/h1-11,16H,12-15,17H2,(H,25,27). The highest BCUT2D eigenvalue weighted by Crippen LogP contribution is 2.23. The second-order valence-corrected chi connectivity index (χ2v) is 8.04. The molecule has 29 heavy (non-hydrogen) atoms. The van der Waals surface area contributed by atoms with E-state index in [0.717, 1.165) is 30.9 Å². The molecule has 0 bridgehead atoms. The summed E-state index contributed by atoms with van der Waals surface area (Å²) in [5.74, 6) is 3.54. The predicted octanol–water partition coefficient (Wildman–Crippen LogP) is 4.68. The van der Waals surface area contributed by atoms with Crippen molar-refractivity contribution in [2.75, 3.05) is 29.9 Å². The van der Waals surface area contributed by atoms with Crippen LogP contribution in [-0.4, -0.2) is 40.4 Å². The van der Waals surface area contributed by atoms with E-state index >= 15 is 0 Å². The normalized spacial score (nSPS) is 14.3. The first kappa shape index (κ1) is 19.5. The number of aromatic nitrogens is 1. The Morgan fingerprint density at radius 2 is 1.79 bits per heavy atom. The van der Waals surface area contributed by atoms with E-state index in [1.807, 2.05) is 42.1 Å². The van der Waals surface area contributed by atoms with Gasteiger partial charge in [-0.25, -0.2) is 0 Å². The highest BCUT2D eigenvalue weighted by Gasteiger charge is 2.14. The van der Waals surface area contributed by atoms with Gasteiger partial charge in [0.05, 0.1) is 6.20 Å². The summed E-state index contributed by atoms with van der Waals surface area (Å²) in [7, 11) is 0. The number of pyridine rings is 1. The summed E-state index contributed by atoms with van der Waals surface area (Å²) in [6.07, 6.45) is 3.35. The number of carbonyl (C=O) groups is 1. The summed E-state index contributed by atoms with van der Waals surface area (Å²) in [5.41, 5.74) is 2.60. The molecule has 0 spiro atoms. The zero-order chi connectivity index (χ0) is 19.9. The molecule has 1 aromatic heterocycles. The van der Waals surface area contributed by atoms with Crippen LogP contribution in [0.25, 0.3) is 0 Å². The fourth-order valence-corrected chi connectivity index (χ4v) is 4.17. The molecule has 2 aromatic carbocycles. The third-order valence-electron chi connectivity index (χ3n) is 4.75. The molecule has 1 aliphatic heterocycles. The van der Waals surface area contributed by atoms with E-state index in [4.69, 9.17) is 4.74 Å². The molecule has 0 unspecified atom stereocenters. The largest absolute Gasteiger partial charge is 0.456 e. The molecule has 1 N–H and O–H groups in total. The van der Waals surface area contributed by atoms with Crippen LogP contribution in [0.2, 0.25) is 0 Å². The van der Waals surface area contributed by atoms with Crippen LogP contribution in [0.15, 0.2) is 73.1 Å². The summed E-state index contributed by atoms with van der Waals surface area (Å²) in [5, 5.41) is 3.06. The van der Waals surface area contributed by atoms with Gasteiger partial charge >= 0.3 is 0 Å². The lowest BCUT2D eigenvalue weighted by molar-refractivity contribution is 0.102. The first-order valence-corrected chi connectivity index (χ1v) is 10.8. The maximum Gasteiger partial charge on any atom is 0.255 e. The second kappa shape index (κ2) is 9.58. The quantitative estimate of drug-likeness (QED) is 0.646. The van der Waals surface area contributed by atoms with Crippen molar-refractivity contribution in [1.82, 2.24) is 9.88 Å². The monoisotopic (exact) mass is 405 g/mol. The van der Waals surface area contributed by atoms with Gasteiger partial charge in [0.2, 0.25) is 0 Å². The molecule has 0 radical (unpaired) electrons. The van der Waals surface area contributed by atoms with Crippen molar-refractivity contribution in [3.05, 3.63) is 84.2 Å². The number of carbonyl (C=O) groups excluding carboxylic acids is 1. The summed E-state index contributed by atoms with van der Waals surface area (Å²) in [6, 6.07) is 18.8. The van der Waals surface area contributed by atoms with Crippen LogP contribution in [0.5, 0.6) is 11.5 Å². The van der Waals surface area contributed by atoms with Gasteiger partial charge in [0.1, 0.15) is 11.5 Å². The Bertz CT molecular complexity index is 942. The van der Waals surface area contributed by atoms with Crippen molar-refractivity contribution < 1.29 is 9.53 Å². The first-order chi connectivity index (χ1) is 14.3. The fraction of sp³-hybridized carbons (Fsp3) is 0.217. The van der Waals surface area contributed by atoms with Gasteiger partial charge in [-0.3, -0.25) is 14.7 Å². The van der Waals surface area contributed by atoms with Crippen LogP contribution in [0.1, 0.15) is 15.9 Å². The van der Waals surface area contributed by atoms with Gasteiger partial charge in [0, 0.05) is 48.6 Å². The topological polar surface area (TPSA) is 54.5 Å².